The summed E-state index contributed by atoms with van der Waals surface area (Å²) >= 11 is 0. The molecule has 22 atom stereocenters. The number of hydrogen-bond donors (Lipinski definition) is 14. The Morgan fingerprint density at radius 3 is 1.57 bits per heavy atom. The molecule has 5 rings (SSSR count). The van der Waals surface area contributed by atoms with Gasteiger partial charge in [-0.05, 0) is 127 Å². The predicted molar refractivity (Wildman–Crippen MR) is 371 cm³/mol. The maximum atomic E-state index is 13.7. The molecule has 0 bridgehead atoms. The highest BCUT2D eigenvalue weighted by Gasteiger charge is 2.53. The summed E-state index contributed by atoms with van der Waals surface area (Å²) < 4.78 is 72.1. The van der Waals surface area contributed by atoms with Gasteiger partial charge in [-0.2, -0.15) is 0 Å². The van der Waals surface area contributed by atoms with Crippen molar-refractivity contribution in [1.82, 2.24) is 21.3 Å². The molecule has 0 saturated carbocycles. The zero-order valence-corrected chi connectivity index (χ0v) is 61.8. The normalized spacial score (nSPS) is 31.3. The average molecular weight is 1520 g/mol. The molecule has 0 aromatic rings. The number of esters is 2. The number of nitrogens with one attached hydrogen (secondary N) is 4. The third-order valence-electron chi connectivity index (χ3n) is 18.5. The maximum absolute atomic E-state index is 13.7. The standard InChI is InChI=1S/C70H113N7O29/c1-10-96-62(90)42(24-14-17-30-72-48(78)26-13-12-16-32-74-77-71)76-69(93)106-61-53(83)47(37-99-65-56(86)54(84)50(80)44(102-65)34-94-8)104-67(59(61)89)100-35-45-51(81)55(85)57(87)66(103-45)98-36-46-52(82)60(58(88)64(95-9)101-46)105-68(92)75-43(63(91)97-11-2)25-15-18-31-73-49(79)33-39(4)22-19-21-38(3)27-28-41-40(5)23-20-29-70(41,6)7/h19,21-22,27-28,33,42-47,50-61,64-67,80-89H,10-18,20,23-26,29-32,34-37H2,1-9H3,(H,72,78)(H,73,79)(H,75,92)(H,76,93)/b22-19+,28-27+,38-21+,39-33+/t42?,43-,44?,45?,46?,47?,50+,51+,52+,53+,54-,55-,56?,57?,58?,59?,60-,61-,64-,65+,66+,67-/m0/s1. The fourth-order valence-corrected chi connectivity index (χ4v) is 12.5. The van der Waals surface area contributed by atoms with Crippen LogP contribution in [0.15, 0.2) is 63.9 Å². The first-order valence-corrected chi connectivity index (χ1v) is 36.0. The lowest BCUT2D eigenvalue weighted by Gasteiger charge is -2.45. The van der Waals surface area contributed by atoms with Gasteiger partial charge in [0.25, 0.3) is 0 Å². The SMILES string of the molecule is CCOC(=O)C(CCCCNC(=O)CCCCCN=[N+]=[N-])NC(=O)O[C@@H]1C(O)[C@@H](OCC2O[C@@H](OCC3O[C@H](OC)C(O)[C@@H](OC(=O)N[C@@H](CCCCNC(=O)/C=C(C)/C=C/C=C(C)/C=C/C4=C(C)CCCC4(C)C)C(=O)OCC)[C@@H]3O)C(O)[C@@H](O)[C@@H]2O)OC(CO[C@@H]2OC(COC)[C@@H](O)[C@H](O)C2O)[C@H]1O. The van der Waals surface area contributed by atoms with Gasteiger partial charge < -0.3 is 134 Å². The second-order valence-electron chi connectivity index (χ2n) is 27.2. The van der Waals surface area contributed by atoms with E-state index in [1.807, 2.05) is 25.2 Å². The molecule has 0 aromatic heterocycles. The van der Waals surface area contributed by atoms with Crippen molar-refractivity contribution in [2.24, 2.45) is 10.5 Å². The van der Waals surface area contributed by atoms with Gasteiger partial charge in [-0.15, -0.1) is 0 Å². The van der Waals surface area contributed by atoms with E-state index in [9.17, 15) is 79.8 Å². The molecule has 0 spiro atoms. The monoisotopic (exact) mass is 1520 g/mol. The Morgan fingerprint density at radius 2 is 1.08 bits per heavy atom. The highest BCUT2D eigenvalue weighted by molar-refractivity contribution is 5.88. The molecule has 5 aliphatic rings. The molecule has 4 heterocycles. The first kappa shape index (κ1) is 90.3. The Labute approximate surface area is 616 Å². The molecule has 9 unspecified atom stereocenters. The number of ether oxygens (including phenoxy) is 13. The van der Waals surface area contributed by atoms with Crippen LogP contribution in [0.1, 0.15) is 132 Å². The first-order valence-electron chi connectivity index (χ1n) is 36.0. The van der Waals surface area contributed by atoms with Crippen molar-refractivity contribution < 1.29 is 141 Å². The number of hydrogen-bond acceptors (Lipinski definition) is 30. The van der Waals surface area contributed by atoms with Crippen molar-refractivity contribution in [3.05, 3.63) is 69.2 Å². The fraction of sp³-hybridized carbons (Fsp3) is 0.771. The molecule has 4 amide bonds. The first-order chi connectivity index (χ1) is 50.5. The quantitative estimate of drug-likeness (QED) is 0.00590. The van der Waals surface area contributed by atoms with E-state index >= 15 is 0 Å². The minimum Gasteiger partial charge on any atom is -0.464 e. The summed E-state index contributed by atoms with van der Waals surface area (Å²) in [6.45, 7) is 11.5. The van der Waals surface area contributed by atoms with Gasteiger partial charge >= 0.3 is 24.1 Å². The maximum Gasteiger partial charge on any atom is 0.408 e. The second kappa shape index (κ2) is 46.2. The number of amides is 4. The lowest BCUT2D eigenvalue weighted by molar-refractivity contribution is -0.347. The van der Waals surface area contributed by atoms with E-state index in [0.29, 0.717) is 50.6 Å². The van der Waals surface area contributed by atoms with E-state index in [2.05, 4.69) is 64.2 Å². The lowest BCUT2D eigenvalue weighted by atomic mass is 9.72. The number of alkyl carbamates (subject to hydrolysis) is 2. The third kappa shape index (κ3) is 28.3. The molecule has 36 nitrogen and oxygen atoms in total. The van der Waals surface area contributed by atoms with Crippen molar-refractivity contribution in [2.75, 3.05) is 73.5 Å². The van der Waals surface area contributed by atoms with E-state index in [0.717, 1.165) is 25.5 Å². The molecular weight excluding hydrogens is 1400 g/mol. The van der Waals surface area contributed by atoms with Crippen molar-refractivity contribution >= 4 is 35.9 Å². The highest BCUT2D eigenvalue weighted by Crippen LogP contribution is 2.41. The molecule has 106 heavy (non-hydrogen) atoms. The van der Waals surface area contributed by atoms with Crippen LogP contribution in [0.4, 0.5) is 9.59 Å². The van der Waals surface area contributed by atoms with Crippen LogP contribution in [-0.4, -0.2) is 295 Å². The number of rotatable bonds is 41. The molecule has 14 N–H and O–H groups in total. The Morgan fingerprint density at radius 1 is 0.594 bits per heavy atom. The number of unbranched alkanes of at least 4 members (excludes halogenated alkanes) is 4. The van der Waals surface area contributed by atoms with Gasteiger partial charge in [-0.25, -0.2) is 19.2 Å². The number of methoxy groups -OCH3 is 2. The Balaban J connectivity index is 1.20. The van der Waals surface area contributed by atoms with Crippen molar-refractivity contribution in [2.45, 2.75) is 267 Å². The third-order valence-corrected chi connectivity index (χ3v) is 18.5. The number of aliphatic hydroxyl groups excluding tert-OH is 10. The molecule has 0 aromatic carbocycles. The molecule has 36 heteroatoms. The number of aliphatic hydroxyl groups is 10. The van der Waals surface area contributed by atoms with Crippen molar-refractivity contribution in [3.63, 3.8) is 0 Å². The van der Waals surface area contributed by atoms with Crippen LogP contribution in [0.2, 0.25) is 0 Å². The van der Waals surface area contributed by atoms with Gasteiger partial charge in [0.2, 0.25) is 11.8 Å². The molecule has 4 aliphatic heterocycles. The average Bonchev–Trinajstić information content (AvgIpc) is 0.796. The van der Waals surface area contributed by atoms with Gasteiger partial charge in [0.15, 0.2) is 37.4 Å². The van der Waals surface area contributed by atoms with Gasteiger partial charge in [-0.1, -0.05) is 66.9 Å². The largest absolute Gasteiger partial charge is 0.464 e. The van der Waals surface area contributed by atoms with Gasteiger partial charge in [0.05, 0.1) is 39.6 Å². The molecular formula is C70H113N7O29. The minimum atomic E-state index is -2.15. The molecule has 4 fully saturated rings. The van der Waals surface area contributed by atoms with Gasteiger partial charge in [0.1, 0.15) is 97.5 Å². The Kier molecular flexibility index (Phi) is 39.4. The summed E-state index contributed by atoms with van der Waals surface area (Å²) in [7, 11) is 2.40. The van der Waals surface area contributed by atoms with Crippen LogP contribution in [0.25, 0.3) is 10.4 Å². The Bertz CT molecular complexity index is 2970. The van der Waals surface area contributed by atoms with Crippen LogP contribution >= 0.6 is 0 Å². The summed E-state index contributed by atoms with van der Waals surface area (Å²) in [6.07, 6.45) is -21.2. The summed E-state index contributed by atoms with van der Waals surface area (Å²) in [4.78, 5) is 81.3. The van der Waals surface area contributed by atoms with Crippen LogP contribution in [0, 0.1) is 5.41 Å². The lowest BCUT2D eigenvalue weighted by Crippen LogP contribution is -2.64. The van der Waals surface area contributed by atoms with Crippen LogP contribution in [0.5, 0.6) is 0 Å². The molecule has 1 aliphatic carbocycles. The van der Waals surface area contributed by atoms with E-state index in [1.165, 1.54) is 37.7 Å². The number of carbonyl (C=O) groups is 6. The highest BCUT2D eigenvalue weighted by atomic mass is 16.8. The molecule has 0 radical (unpaired) electrons. The molecule has 4 saturated heterocycles. The minimum absolute atomic E-state index is 0.0144. The van der Waals surface area contributed by atoms with E-state index in [4.69, 9.17) is 67.1 Å². The van der Waals surface area contributed by atoms with Crippen LogP contribution < -0.4 is 21.3 Å². The van der Waals surface area contributed by atoms with Crippen LogP contribution in [-0.2, 0) is 80.8 Å². The zero-order chi connectivity index (χ0) is 78.2. The summed E-state index contributed by atoms with van der Waals surface area (Å²) in [5.41, 5.74) is 13.1. The predicted octanol–water partition coefficient (Wildman–Crippen LogP) is 0.866. The molecule has 602 valence electrons. The van der Waals surface area contributed by atoms with Gasteiger partial charge in [-0.3, -0.25) is 9.59 Å². The number of nitrogens with zero attached hydrogens (tertiary/aromatic N) is 3. The second-order valence-corrected chi connectivity index (χ2v) is 27.2. The summed E-state index contributed by atoms with van der Waals surface area (Å²) in [5.74, 6) is -2.26. The van der Waals surface area contributed by atoms with Gasteiger partial charge in [0, 0.05) is 51.3 Å². The fourth-order valence-electron chi connectivity index (χ4n) is 12.5. The number of azide groups is 1. The van der Waals surface area contributed by atoms with E-state index in [-0.39, 0.29) is 75.8 Å². The zero-order valence-electron chi connectivity index (χ0n) is 61.8. The number of allylic oxidation sites excluding steroid dienone is 9. The van der Waals surface area contributed by atoms with E-state index < -0.39 is 179 Å². The van der Waals surface area contributed by atoms with Crippen molar-refractivity contribution in [1.29, 1.82) is 0 Å². The van der Waals surface area contributed by atoms with Crippen LogP contribution in [0.3, 0.4) is 0 Å². The summed E-state index contributed by atoms with van der Waals surface area (Å²) in [5, 5.41) is 125. The van der Waals surface area contributed by atoms with Crippen molar-refractivity contribution in [3.8, 4) is 0 Å². The Hall–Kier alpha value is -6.33. The topological polar surface area (TPSA) is 522 Å². The van der Waals surface area contributed by atoms with E-state index in [1.54, 1.807) is 13.8 Å². The smallest absolute Gasteiger partial charge is 0.408 e. The number of carbonyl (C=O) groups excluding carboxylic acids is 6. The summed E-state index contributed by atoms with van der Waals surface area (Å²) in [6, 6.07) is -2.65.